The third kappa shape index (κ3) is 4.24. The van der Waals surface area contributed by atoms with Gasteiger partial charge in [-0.1, -0.05) is 29.8 Å². The molecule has 1 N–H and O–H groups in total. The first kappa shape index (κ1) is 18.0. The van der Waals surface area contributed by atoms with Gasteiger partial charge >= 0.3 is 0 Å². The summed E-state index contributed by atoms with van der Waals surface area (Å²) in [5, 5.41) is 7.67. The number of benzene rings is 2. The maximum Gasteiger partial charge on any atom is 0.255 e. The number of hydrogen-bond donors (Lipinski definition) is 1. The minimum atomic E-state index is -0.184. The van der Waals surface area contributed by atoms with E-state index in [0.29, 0.717) is 28.6 Å². The molecule has 1 aromatic heterocycles. The summed E-state index contributed by atoms with van der Waals surface area (Å²) in [4.78, 5) is 12.5. The van der Waals surface area contributed by atoms with Gasteiger partial charge in [-0.15, -0.1) is 0 Å². The molecule has 1 amide bonds. The highest BCUT2D eigenvalue weighted by Gasteiger charge is 2.11. The first-order chi connectivity index (χ1) is 12.4. The Labute approximate surface area is 157 Å². The highest BCUT2D eigenvalue weighted by atomic mass is 35.5. The SMILES string of the molecule is Cc1ccc(Cl)c(OCc2cccc(C(=O)Nc3cn(C)nc3C)c2)c1. The van der Waals surface area contributed by atoms with Gasteiger partial charge in [-0.05, 0) is 49.2 Å². The lowest BCUT2D eigenvalue weighted by Crippen LogP contribution is -2.12. The second kappa shape index (κ2) is 7.62. The zero-order valence-electron chi connectivity index (χ0n) is 14.9. The molecule has 0 spiro atoms. The average Bonchev–Trinajstić information content (AvgIpc) is 2.93. The number of halogens is 1. The van der Waals surface area contributed by atoms with Crippen LogP contribution in [-0.4, -0.2) is 15.7 Å². The number of nitrogens with zero attached hydrogens (tertiary/aromatic N) is 2. The van der Waals surface area contributed by atoms with E-state index in [0.717, 1.165) is 16.8 Å². The Balaban J connectivity index is 1.70. The Hall–Kier alpha value is -2.79. The maximum atomic E-state index is 12.5. The predicted molar refractivity (Wildman–Crippen MR) is 103 cm³/mol. The van der Waals surface area contributed by atoms with Gasteiger partial charge in [0.25, 0.3) is 5.91 Å². The van der Waals surface area contributed by atoms with Crippen LogP contribution < -0.4 is 10.1 Å². The predicted octanol–water partition coefficient (Wildman–Crippen LogP) is 4.52. The van der Waals surface area contributed by atoms with Gasteiger partial charge in [0, 0.05) is 18.8 Å². The van der Waals surface area contributed by atoms with Crippen LogP contribution in [0.15, 0.2) is 48.7 Å². The van der Waals surface area contributed by atoms with Crippen LogP contribution in [0.5, 0.6) is 5.75 Å². The minimum absolute atomic E-state index is 0.184. The molecule has 3 rings (SSSR count). The summed E-state index contributed by atoms with van der Waals surface area (Å²) >= 11 is 6.15. The fourth-order valence-corrected chi connectivity index (χ4v) is 2.77. The van der Waals surface area contributed by atoms with Crippen LogP contribution >= 0.6 is 11.6 Å². The third-order valence-electron chi connectivity index (χ3n) is 3.93. The van der Waals surface area contributed by atoms with E-state index in [1.807, 2.05) is 57.3 Å². The molecule has 0 saturated heterocycles. The number of nitrogens with one attached hydrogen (secondary N) is 1. The Kier molecular flexibility index (Phi) is 5.28. The van der Waals surface area contributed by atoms with Gasteiger partial charge in [0.1, 0.15) is 12.4 Å². The average molecular weight is 370 g/mol. The number of carbonyl (C=O) groups is 1. The van der Waals surface area contributed by atoms with Crippen molar-refractivity contribution in [3.63, 3.8) is 0 Å². The molecule has 1 heterocycles. The number of anilines is 1. The van der Waals surface area contributed by atoms with Crippen molar-refractivity contribution < 1.29 is 9.53 Å². The van der Waals surface area contributed by atoms with E-state index < -0.39 is 0 Å². The maximum absolute atomic E-state index is 12.5. The van der Waals surface area contributed by atoms with E-state index in [1.165, 1.54) is 0 Å². The van der Waals surface area contributed by atoms with E-state index in [1.54, 1.807) is 16.9 Å². The molecule has 0 aliphatic heterocycles. The normalized spacial score (nSPS) is 10.6. The summed E-state index contributed by atoms with van der Waals surface area (Å²) in [6.07, 6.45) is 1.78. The molecule has 0 fully saturated rings. The number of hydrogen-bond acceptors (Lipinski definition) is 3. The zero-order valence-corrected chi connectivity index (χ0v) is 15.7. The van der Waals surface area contributed by atoms with Crippen LogP contribution in [-0.2, 0) is 13.7 Å². The van der Waals surface area contributed by atoms with Crippen molar-refractivity contribution in [1.82, 2.24) is 9.78 Å². The summed E-state index contributed by atoms with van der Waals surface area (Å²) < 4.78 is 7.47. The third-order valence-corrected chi connectivity index (χ3v) is 4.24. The second-order valence-electron chi connectivity index (χ2n) is 6.18. The monoisotopic (exact) mass is 369 g/mol. The van der Waals surface area contributed by atoms with Crippen molar-refractivity contribution in [2.45, 2.75) is 20.5 Å². The van der Waals surface area contributed by atoms with Gasteiger partial charge in [-0.2, -0.15) is 5.10 Å². The smallest absolute Gasteiger partial charge is 0.255 e. The van der Waals surface area contributed by atoms with Gasteiger partial charge in [-0.25, -0.2) is 0 Å². The minimum Gasteiger partial charge on any atom is -0.487 e. The van der Waals surface area contributed by atoms with Crippen molar-refractivity contribution in [1.29, 1.82) is 0 Å². The highest BCUT2D eigenvalue weighted by Crippen LogP contribution is 2.26. The summed E-state index contributed by atoms with van der Waals surface area (Å²) in [5.41, 5.74) is 3.99. The molecule has 0 aliphatic carbocycles. The molecule has 26 heavy (non-hydrogen) atoms. The van der Waals surface area contributed by atoms with Gasteiger partial charge in [0.15, 0.2) is 0 Å². The van der Waals surface area contributed by atoms with E-state index in [-0.39, 0.29) is 5.91 Å². The van der Waals surface area contributed by atoms with Gasteiger partial charge in [0.2, 0.25) is 0 Å². The fourth-order valence-electron chi connectivity index (χ4n) is 2.60. The largest absolute Gasteiger partial charge is 0.487 e. The van der Waals surface area contributed by atoms with E-state index in [2.05, 4.69) is 10.4 Å². The van der Waals surface area contributed by atoms with Crippen molar-refractivity contribution >= 4 is 23.2 Å². The van der Waals surface area contributed by atoms with Gasteiger partial charge in [-0.3, -0.25) is 9.48 Å². The first-order valence-electron chi connectivity index (χ1n) is 8.22. The van der Waals surface area contributed by atoms with Crippen LogP contribution in [0.2, 0.25) is 5.02 Å². The van der Waals surface area contributed by atoms with Crippen molar-refractivity contribution in [3.8, 4) is 5.75 Å². The molecule has 3 aromatic rings. The quantitative estimate of drug-likeness (QED) is 0.719. The van der Waals surface area contributed by atoms with Crippen LogP contribution in [0.3, 0.4) is 0 Å². The lowest BCUT2D eigenvalue weighted by molar-refractivity contribution is 0.102. The van der Waals surface area contributed by atoms with E-state index in [9.17, 15) is 4.79 Å². The van der Waals surface area contributed by atoms with Gasteiger partial charge in [0.05, 0.1) is 16.4 Å². The van der Waals surface area contributed by atoms with Crippen molar-refractivity contribution in [2.24, 2.45) is 7.05 Å². The Morgan fingerprint density at radius 3 is 2.77 bits per heavy atom. The molecule has 0 aliphatic rings. The van der Waals surface area contributed by atoms with E-state index >= 15 is 0 Å². The zero-order chi connectivity index (χ0) is 18.7. The fraction of sp³-hybridized carbons (Fsp3) is 0.200. The number of rotatable bonds is 5. The molecular weight excluding hydrogens is 350 g/mol. The Morgan fingerprint density at radius 2 is 2.04 bits per heavy atom. The number of aryl methyl sites for hydroxylation is 3. The molecule has 0 saturated carbocycles. The summed E-state index contributed by atoms with van der Waals surface area (Å²) in [5.74, 6) is 0.448. The van der Waals surface area contributed by atoms with Crippen LogP contribution in [0.25, 0.3) is 0 Å². The van der Waals surface area contributed by atoms with Crippen molar-refractivity contribution in [2.75, 3.05) is 5.32 Å². The number of carbonyl (C=O) groups excluding carboxylic acids is 1. The van der Waals surface area contributed by atoms with E-state index in [4.69, 9.17) is 16.3 Å². The second-order valence-corrected chi connectivity index (χ2v) is 6.59. The van der Waals surface area contributed by atoms with Crippen LogP contribution in [0, 0.1) is 13.8 Å². The number of amides is 1. The molecule has 2 aromatic carbocycles. The molecule has 0 atom stereocenters. The summed E-state index contributed by atoms with van der Waals surface area (Å²) in [6.45, 7) is 4.16. The highest BCUT2D eigenvalue weighted by molar-refractivity contribution is 6.32. The molecule has 0 unspecified atom stereocenters. The standard InChI is InChI=1S/C20H20ClN3O2/c1-13-7-8-17(21)19(9-13)26-12-15-5-4-6-16(10-15)20(25)22-18-11-24(3)23-14(18)2/h4-11H,12H2,1-3H3,(H,22,25). The Bertz CT molecular complexity index is 950. The first-order valence-corrected chi connectivity index (χ1v) is 8.59. The van der Waals surface area contributed by atoms with Gasteiger partial charge < -0.3 is 10.1 Å². The molecule has 0 radical (unpaired) electrons. The molecule has 5 nitrogen and oxygen atoms in total. The lowest BCUT2D eigenvalue weighted by atomic mass is 10.1. The Morgan fingerprint density at radius 1 is 1.23 bits per heavy atom. The summed E-state index contributed by atoms with van der Waals surface area (Å²) in [6, 6.07) is 13.0. The molecule has 6 heteroatoms. The van der Waals surface area contributed by atoms with Crippen LogP contribution in [0.1, 0.15) is 27.2 Å². The topological polar surface area (TPSA) is 56.1 Å². The lowest BCUT2D eigenvalue weighted by Gasteiger charge is -2.10. The summed E-state index contributed by atoms with van der Waals surface area (Å²) in [7, 11) is 1.82. The number of aromatic nitrogens is 2. The van der Waals surface area contributed by atoms with Crippen LogP contribution in [0.4, 0.5) is 5.69 Å². The molecule has 0 bridgehead atoms. The molecule has 134 valence electrons. The molecular formula is C20H20ClN3O2. The van der Waals surface area contributed by atoms with Crippen molar-refractivity contribution in [3.05, 3.63) is 76.1 Å². The number of ether oxygens (including phenoxy) is 1.